The summed E-state index contributed by atoms with van der Waals surface area (Å²) in [5.41, 5.74) is 2.41. The van der Waals surface area contributed by atoms with Crippen LogP contribution in [0, 0.1) is 17.5 Å². The van der Waals surface area contributed by atoms with Gasteiger partial charge in [0.05, 0.1) is 11.0 Å². The van der Waals surface area contributed by atoms with Crippen LogP contribution in [0.3, 0.4) is 0 Å². The van der Waals surface area contributed by atoms with Crippen LogP contribution in [0.4, 0.5) is 4.39 Å². The Bertz CT molecular complexity index is 566. The van der Waals surface area contributed by atoms with Gasteiger partial charge in [-0.2, -0.15) is 0 Å². The molecule has 2 nitrogen and oxygen atoms in total. The number of benzene rings is 1. The van der Waals surface area contributed by atoms with E-state index in [1.54, 1.807) is 13.0 Å². The topological polar surface area (TPSA) is 20.7 Å². The van der Waals surface area contributed by atoms with Gasteiger partial charge in [-0.3, -0.25) is 0 Å². The smallest absolute Gasteiger partial charge is 0.178 e. The van der Waals surface area contributed by atoms with Crippen LogP contribution in [0.5, 0.6) is 0 Å². The van der Waals surface area contributed by atoms with Crippen LogP contribution >= 0.6 is 12.2 Å². The molecule has 4 heteroatoms. The molecule has 0 unspecified atom stereocenters. The molecule has 0 saturated carbocycles. The molecule has 0 radical (unpaired) electrons. The van der Waals surface area contributed by atoms with Gasteiger partial charge in [0, 0.05) is 11.6 Å². The molecule has 0 spiro atoms. The number of nitrogens with zero attached hydrogens (tertiary/aromatic N) is 1. The lowest BCUT2D eigenvalue weighted by atomic mass is 10.2. The summed E-state index contributed by atoms with van der Waals surface area (Å²) in [4.78, 5) is 3.09. The maximum atomic E-state index is 13.4. The number of H-pyrrole nitrogens is 1. The predicted octanol–water partition coefficient (Wildman–Crippen LogP) is 3.73. The van der Waals surface area contributed by atoms with Gasteiger partial charge in [0.1, 0.15) is 5.82 Å². The first-order chi connectivity index (χ1) is 7.02. The van der Waals surface area contributed by atoms with Gasteiger partial charge in [-0.25, -0.2) is 4.39 Å². The van der Waals surface area contributed by atoms with Crippen molar-refractivity contribution in [3.8, 4) is 0 Å². The lowest BCUT2D eigenvalue weighted by Gasteiger charge is -2.10. The quantitative estimate of drug-likeness (QED) is 0.732. The van der Waals surface area contributed by atoms with Crippen molar-refractivity contribution in [1.29, 1.82) is 0 Å². The predicted molar refractivity (Wildman–Crippen MR) is 62.2 cm³/mol. The number of hydrogen-bond acceptors (Lipinski definition) is 1. The van der Waals surface area contributed by atoms with E-state index in [0.717, 1.165) is 11.0 Å². The second-order valence-electron chi connectivity index (χ2n) is 3.96. The Hall–Kier alpha value is -1.16. The number of nitrogens with one attached hydrogen (secondary N) is 1. The van der Waals surface area contributed by atoms with Crippen molar-refractivity contribution in [3.05, 3.63) is 28.3 Å². The third kappa shape index (κ3) is 1.49. The molecule has 0 aliphatic rings. The van der Waals surface area contributed by atoms with Crippen LogP contribution in [-0.4, -0.2) is 9.55 Å². The van der Waals surface area contributed by atoms with Crippen molar-refractivity contribution in [2.75, 3.05) is 0 Å². The lowest BCUT2D eigenvalue weighted by Crippen LogP contribution is -2.02. The summed E-state index contributed by atoms with van der Waals surface area (Å²) in [6.45, 7) is 5.85. The minimum Gasteiger partial charge on any atom is -0.331 e. The van der Waals surface area contributed by atoms with Crippen LogP contribution < -0.4 is 0 Å². The fourth-order valence-corrected chi connectivity index (χ4v) is 2.27. The first kappa shape index (κ1) is 10.4. The molecule has 1 heterocycles. The minimum atomic E-state index is -0.189. The summed E-state index contributed by atoms with van der Waals surface area (Å²) in [5, 5.41) is 0. The standard InChI is InChI=1S/C11H13FN2S/c1-6(2)14-10-7(3)8(12)4-5-9(10)13-11(14)15/h4-6H,1-3H3,(H,13,15). The molecule has 0 aliphatic heterocycles. The third-order valence-corrected chi connectivity index (χ3v) is 2.88. The molecular formula is C11H13FN2S. The van der Waals surface area contributed by atoms with Gasteiger partial charge in [0.15, 0.2) is 4.77 Å². The zero-order valence-electron chi connectivity index (χ0n) is 8.97. The van der Waals surface area contributed by atoms with E-state index in [1.807, 2.05) is 18.4 Å². The Labute approximate surface area is 92.7 Å². The number of aromatic nitrogens is 2. The summed E-state index contributed by atoms with van der Waals surface area (Å²) in [6, 6.07) is 3.42. The first-order valence-electron chi connectivity index (χ1n) is 4.91. The SMILES string of the molecule is Cc1c(F)ccc2[nH]c(=S)n(C(C)C)c12. The van der Waals surface area contributed by atoms with Gasteiger partial charge in [-0.15, -0.1) is 0 Å². The second kappa shape index (κ2) is 3.45. The molecule has 1 aromatic carbocycles. The highest BCUT2D eigenvalue weighted by molar-refractivity contribution is 7.71. The van der Waals surface area contributed by atoms with E-state index in [2.05, 4.69) is 4.98 Å². The van der Waals surface area contributed by atoms with Crippen LogP contribution in [0.2, 0.25) is 0 Å². The summed E-state index contributed by atoms with van der Waals surface area (Å²) < 4.78 is 16.0. The minimum absolute atomic E-state index is 0.189. The molecular weight excluding hydrogens is 211 g/mol. The molecule has 0 aliphatic carbocycles. The van der Waals surface area contributed by atoms with E-state index in [4.69, 9.17) is 12.2 Å². The Kier molecular flexibility index (Phi) is 2.38. The Morgan fingerprint density at radius 1 is 1.40 bits per heavy atom. The number of imidazole rings is 1. The largest absolute Gasteiger partial charge is 0.331 e. The first-order valence-corrected chi connectivity index (χ1v) is 5.32. The van der Waals surface area contributed by atoms with Gasteiger partial charge in [0.25, 0.3) is 0 Å². The van der Waals surface area contributed by atoms with Crippen molar-refractivity contribution >= 4 is 23.3 Å². The maximum Gasteiger partial charge on any atom is 0.178 e. The van der Waals surface area contributed by atoms with E-state index < -0.39 is 0 Å². The Morgan fingerprint density at radius 2 is 2.07 bits per heavy atom. The molecule has 0 amide bonds. The zero-order chi connectivity index (χ0) is 11.2. The zero-order valence-corrected chi connectivity index (χ0v) is 9.78. The van der Waals surface area contributed by atoms with Gasteiger partial charge in [-0.1, -0.05) is 0 Å². The highest BCUT2D eigenvalue weighted by Crippen LogP contribution is 2.23. The average molecular weight is 224 g/mol. The van der Waals surface area contributed by atoms with Crippen LogP contribution in [0.15, 0.2) is 12.1 Å². The van der Waals surface area contributed by atoms with Crippen molar-refractivity contribution in [2.24, 2.45) is 0 Å². The fraction of sp³-hybridized carbons (Fsp3) is 0.364. The molecule has 15 heavy (non-hydrogen) atoms. The molecule has 2 rings (SSSR count). The average Bonchev–Trinajstić information content (AvgIpc) is 2.49. The van der Waals surface area contributed by atoms with Gasteiger partial charge >= 0.3 is 0 Å². The molecule has 0 saturated heterocycles. The molecule has 80 valence electrons. The summed E-state index contributed by atoms with van der Waals surface area (Å²) >= 11 is 5.22. The van der Waals surface area contributed by atoms with E-state index in [9.17, 15) is 4.39 Å². The monoisotopic (exact) mass is 224 g/mol. The number of aryl methyl sites for hydroxylation is 1. The van der Waals surface area contributed by atoms with Crippen LogP contribution in [0.1, 0.15) is 25.5 Å². The van der Waals surface area contributed by atoms with Crippen molar-refractivity contribution < 1.29 is 4.39 Å². The Balaban J connectivity index is 2.96. The fourth-order valence-electron chi connectivity index (χ4n) is 1.86. The second-order valence-corrected chi connectivity index (χ2v) is 4.35. The molecule has 0 atom stereocenters. The summed E-state index contributed by atoms with van der Waals surface area (Å²) in [6.07, 6.45) is 0. The number of hydrogen-bond donors (Lipinski definition) is 1. The lowest BCUT2D eigenvalue weighted by molar-refractivity contribution is 0.598. The summed E-state index contributed by atoms with van der Waals surface area (Å²) in [7, 11) is 0. The van der Waals surface area contributed by atoms with E-state index >= 15 is 0 Å². The van der Waals surface area contributed by atoms with Crippen LogP contribution in [-0.2, 0) is 0 Å². The van der Waals surface area contributed by atoms with Gasteiger partial charge < -0.3 is 9.55 Å². The van der Waals surface area contributed by atoms with Gasteiger partial charge in [0.2, 0.25) is 0 Å². The normalized spacial score (nSPS) is 11.5. The van der Waals surface area contributed by atoms with Crippen molar-refractivity contribution in [1.82, 2.24) is 9.55 Å². The maximum absolute atomic E-state index is 13.4. The number of halogens is 1. The molecule has 1 N–H and O–H groups in total. The molecule has 0 bridgehead atoms. The Morgan fingerprint density at radius 3 is 2.67 bits per heavy atom. The van der Waals surface area contributed by atoms with Gasteiger partial charge in [-0.05, 0) is 45.1 Å². The number of aromatic amines is 1. The third-order valence-electron chi connectivity index (χ3n) is 2.58. The van der Waals surface area contributed by atoms with Crippen LogP contribution in [0.25, 0.3) is 11.0 Å². The highest BCUT2D eigenvalue weighted by atomic mass is 32.1. The van der Waals surface area contributed by atoms with E-state index in [1.165, 1.54) is 6.07 Å². The number of rotatable bonds is 1. The summed E-state index contributed by atoms with van der Waals surface area (Å²) in [5.74, 6) is -0.189. The molecule has 0 fully saturated rings. The van der Waals surface area contributed by atoms with Crippen molar-refractivity contribution in [3.63, 3.8) is 0 Å². The number of fused-ring (bicyclic) bond motifs is 1. The van der Waals surface area contributed by atoms with Crippen molar-refractivity contribution in [2.45, 2.75) is 26.8 Å². The van der Waals surface area contributed by atoms with E-state index in [0.29, 0.717) is 10.3 Å². The van der Waals surface area contributed by atoms with E-state index in [-0.39, 0.29) is 11.9 Å². The molecule has 2 aromatic rings. The highest BCUT2D eigenvalue weighted by Gasteiger charge is 2.11. The molecule has 1 aromatic heterocycles.